The summed E-state index contributed by atoms with van der Waals surface area (Å²) in [4.78, 5) is 59.0. The van der Waals surface area contributed by atoms with Gasteiger partial charge in [0.25, 0.3) is 0 Å². The third-order valence-electron chi connectivity index (χ3n) is 10.5. The summed E-state index contributed by atoms with van der Waals surface area (Å²) in [7, 11) is 1.29. The fraction of sp³-hybridized carbons (Fsp3) is 0.462. The van der Waals surface area contributed by atoms with Crippen molar-refractivity contribution in [2.24, 2.45) is 17.8 Å². The zero-order valence-corrected chi connectivity index (χ0v) is 36.0. The summed E-state index contributed by atoms with van der Waals surface area (Å²) in [6.07, 6.45) is 4.76. The summed E-state index contributed by atoms with van der Waals surface area (Å²) >= 11 is 0. The molecule has 11 nitrogen and oxygen atoms in total. The molecular formula is C39H57N7O4S4. The molecule has 4 aromatic rings. The van der Waals surface area contributed by atoms with Crippen molar-refractivity contribution < 1.29 is 19.1 Å². The van der Waals surface area contributed by atoms with Crippen LogP contribution in [0.5, 0.6) is 0 Å². The maximum atomic E-state index is 13.6. The molecule has 0 aliphatic carbocycles. The SMILES string of the molecule is C=C(c1ccc(-c2cnc([C@@H]3CCCN3C(=O)[C@@H](C)C(C)C)[nH]2)cc1)c1ccc2nc([C@@H]3CCCN3C(=O)[C@@H](NC(=O)OC)C(C)C)[nH]c2c1.S.S.S.S. The third kappa shape index (κ3) is 9.64. The number of hydrogen-bond acceptors (Lipinski definition) is 6. The van der Waals surface area contributed by atoms with Crippen LogP contribution in [0.3, 0.4) is 0 Å². The van der Waals surface area contributed by atoms with Gasteiger partial charge in [0.1, 0.15) is 17.7 Å². The Morgan fingerprint density at radius 1 is 0.815 bits per heavy atom. The van der Waals surface area contributed by atoms with E-state index in [4.69, 9.17) is 14.7 Å². The summed E-state index contributed by atoms with van der Waals surface area (Å²) in [5.74, 6) is 1.82. The Labute approximate surface area is 346 Å². The number of aromatic amines is 2. The highest BCUT2D eigenvalue weighted by molar-refractivity contribution is 7.59. The van der Waals surface area contributed by atoms with Gasteiger partial charge >= 0.3 is 6.09 Å². The van der Waals surface area contributed by atoms with Gasteiger partial charge in [0.2, 0.25) is 11.8 Å². The van der Waals surface area contributed by atoms with E-state index in [0.717, 1.165) is 82.9 Å². The van der Waals surface area contributed by atoms with Gasteiger partial charge in [-0.05, 0) is 71.9 Å². The van der Waals surface area contributed by atoms with Crippen molar-refractivity contribution in [1.29, 1.82) is 0 Å². The number of hydrogen-bond donors (Lipinski definition) is 3. The van der Waals surface area contributed by atoms with Crippen LogP contribution < -0.4 is 5.32 Å². The molecule has 3 amide bonds. The predicted molar refractivity (Wildman–Crippen MR) is 235 cm³/mol. The number of carbonyl (C=O) groups is 3. The highest BCUT2D eigenvalue weighted by Crippen LogP contribution is 2.35. The summed E-state index contributed by atoms with van der Waals surface area (Å²) in [6.45, 7) is 15.8. The molecule has 2 aromatic carbocycles. The smallest absolute Gasteiger partial charge is 0.407 e. The number of fused-ring (bicyclic) bond motifs is 1. The molecule has 0 saturated carbocycles. The molecule has 2 aliphatic heterocycles. The first-order chi connectivity index (χ1) is 24.0. The van der Waals surface area contributed by atoms with E-state index in [2.05, 4.69) is 66.0 Å². The van der Waals surface area contributed by atoms with Crippen molar-refractivity contribution in [3.63, 3.8) is 0 Å². The van der Waals surface area contributed by atoms with Gasteiger partial charge in [0.15, 0.2) is 0 Å². The first-order valence-electron chi connectivity index (χ1n) is 17.8. The van der Waals surface area contributed by atoms with E-state index in [1.54, 1.807) is 0 Å². The molecule has 0 spiro atoms. The summed E-state index contributed by atoms with van der Waals surface area (Å²) < 4.78 is 4.76. The van der Waals surface area contributed by atoms with Crippen LogP contribution >= 0.6 is 54.0 Å². The lowest BCUT2D eigenvalue weighted by molar-refractivity contribution is -0.137. The van der Waals surface area contributed by atoms with Gasteiger partial charge < -0.3 is 29.8 Å². The number of amides is 3. The summed E-state index contributed by atoms with van der Waals surface area (Å²) in [5, 5.41) is 2.70. The minimum atomic E-state index is -0.684. The number of H-pyrrole nitrogens is 2. The van der Waals surface area contributed by atoms with E-state index in [9.17, 15) is 14.4 Å². The normalized spacial score (nSPS) is 17.6. The maximum Gasteiger partial charge on any atom is 0.407 e. The van der Waals surface area contributed by atoms with Gasteiger partial charge in [0, 0.05) is 19.0 Å². The second-order valence-electron chi connectivity index (χ2n) is 14.4. The Morgan fingerprint density at radius 2 is 1.41 bits per heavy atom. The molecule has 2 aliphatic rings. The van der Waals surface area contributed by atoms with E-state index in [1.807, 2.05) is 48.9 Å². The minimum absolute atomic E-state index is 0. The number of methoxy groups -OCH3 is 1. The van der Waals surface area contributed by atoms with Crippen molar-refractivity contribution in [2.45, 2.75) is 78.4 Å². The third-order valence-corrected chi connectivity index (χ3v) is 10.5. The number of ether oxygens (including phenoxy) is 1. The van der Waals surface area contributed by atoms with Crippen LogP contribution in [-0.4, -0.2) is 73.9 Å². The van der Waals surface area contributed by atoms with Crippen molar-refractivity contribution in [3.05, 3.63) is 78.0 Å². The lowest BCUT2D eigenvalue weighted by atomic mass is 9.96. The molecular weight excluding hydrogens is 759 g/mol. The van der Waals surface area contributed by atoms with Gasteiger partial charge in [-0.2, -0.15) is 54.0 Å². The number of aromatic nitrogens is 4. The van der Waals surface area contributed by atoms with Crippen LogP contribution in [0.4, 0.5) is 4.79 Å². The van der Waals surface area contributed by atoms with Crippen LogP contribution in [0.15, 0.2) is 55.2 Å². The van der Waals surface area contributed by atoms with E-state index in [0.29, 0.717) is 12.5 Å². The van der Waals surface area contributed by atoms with Gasteiger partial charge in [-0.1, -0.05) is 71.5 Å². The van der Waals surface area contributed by atoms with E-state index in [-0.39, 0.29) is 89.7 Å². The second kappa shape index (κ2) is 19.9. The first kappa shape index (κ1) is 46.6. The quantitative estimate of drug-likeness (QED) is 0.152. The van der Waals surface area contributed by atoms with Gasteiger partial charge in [0.05, 0.1) is 42.1 Å². The fourth-order valence-electron chi connectivity index (χ4n) is 7.10. The molecule has 0 bridgehead atoms. The summed E-state index contributed by atoms with van der Waals surface area (Å²) in [6, 6.07) is 13.4. The molecule has 2 aromatic heterocycles. The molecule has 2 saturated heterocycles. The van der Waals surface area contributed by atoms with Crippen LogP contribution in [0.1, 0.15) is 95.2 Å². The molecule has 4 atom stereocenters. The molecule has 54 heavy (non-hydrogen) atoms. The number of alkyl carbamates (subject to hydrolysis) is 1. The maximum absolute atomic E-state index is 13.6. The lowest BCUT2D eigenvalue weighted by Gasteiger charge is -2.29. The topological polar surface area (TPSA) is 136 Å². The second-order valence-corrected chi connectivity index (χ2v) is 14.4. The predicted octanol–water partition coefficient (Wildman–Crippen LogP) is 7.47. The number of rotatable bonds is 10. The number of benzene rings is 2. The van der Waals surface area contributed by atoms with Crippen molar-refractivity contribution in [1.82, 2.24) is 35.1 Å². The molecule has 15 heteroatoms. The largest absolute Gasteiger partial charge is 0.453 e. The summed E-state index contributed by atoms with van der Waals surface area (Å²) in [5.41, 5.74) is 6.45. The van der Waals surface area contributed by atoms with Gasteiger partial charge in [-0.25, -0.2) is 14.8 Å². The number of carbonyl (C=O) groups excluding carboxylic acids is 3. The number of nitrogens with zero attached hydrogens (tertiary/aromatic N) is 4. The average Bonchev–Trinajstić information content (AvgIpc) is 3.94. The van der Waals surface area contributed by atoms with Crippen LogP contribution in [0.25, 0.3) is 27.9 Å². The first-order valence-corrected chi connectivity index (χ1v) is 17.8. The average molecular weight is 816 g/mol. The minimum Gasteiger partial charge on any atom is -0.453 e. The Balaban J connectivity index is 0.00000252. The van der Waals surface area contributed by atoms with E-state index >= 15 is 0 Å². The highest BCUT2D eigenvalue weighted by Gasteiger charge is 2.38. The van der Waals surface area contributed by atoms with Gasteiger partial charge in [-0.15, -0.1) is 0 Å². The lowest BCUT2D eigenvalue weighted by Crippen LogP contribution is -2.51. The van der Waals surface area contributed by atoms with Crippen molar-refractivity contribution >= 4 is 88.5 Å². The standard InChI is InChI=1S/C39H49N7O4.4H2S/c1-22(2)24(5)37(47)45-18-8-10-32(45)35-40-21-31(43-35)27-14-12-26(13-15-27)25(6)28-16-17-29-30(20-28)42-36(41-29)33-11-9-19-46(33)38(48)34(23(3)4)44-39(49)50-7;;;;/h12-17,20-24,32-34H,6,8-11,18-19H2,1-5,7H3,(H,40,43)(H,41,42)(H,44,49);4*1H2/t24-,32-,33-,34-;;;;/m0..../s1. The highest BCUT2D eigenvalue weighted by atomic mass is 32.1. The molecule has 296 valence electrons. The monoisotopic (exact) mass is 815 g/mol. The Morgan fingerprint density at radius 3 is 2.00 bits per heavy atom. The fourth-order valence-corrected chi connectivity index (χ4v) is 7.10. The zero-order chi connectivity index (χ0) is 35.7. The van der Waals surface area contributed by atoms with Crippen LogP contribution in [0.2, 0.25) is 0 Å². The number of imidazole rings is 2. The molecule has 6 rings (SSSR count). The Kier molecular flexibility index (Phi) is 17.2. The van der Waals surface area contributed by atoms with Crippen LogP contribution in [0, 0.1) is 17.8 Å². The number of nitrogens with one attached hydrogen (secondary N) is 3. The molecule has 3 N–H and O–H groups in total. The zero-order valence-electron chi connectivity index (χ0n) is 32.0. The molecule has 0 unspecified atom stereocenters. The number of likely N-dealkylation sites (tertiary alicyclic amines) is 2. The molecule has 2 fully saturated rings. The van der Waals surface area contributed by atoms with Crippen molar-refractivity contribution in [3.8, 4) is 11.3 Å². The van der Waals surface area contributed by atoms with E-state index < -0.39 is 12.1 Å². The molecule has 4 heterocycles. The van der Waals surface area contributed by atoms with E-state index in [1.165, 1.54) is 7.11 Å². The Bertz CT molecular complexity index is 1890. The van der Waals surface area contributed by atoms with Crippen molar-refractivity contribution in [2.75, 3.05) is 20.2 Å². The van der Waals surface area contributed by atoms with Crippen LogP contribution in [-0.2, 0) is 14.3 Å². The Hall–Kier alpha value is -3.53. The molecule has 0 radical (unpaired) electrons. The van der Waals surface area contributed by atoms with Gasteiger partial charge in [-0.3, -0.25) is 9.59 Å².